The zero-order chi connectivity index (χ0) is 21.8. The first-order chi connectivity index (χ1) is 12.7. The predicted octanol–water partition coefficient (Wildman–Crippen LogP) is 3.16. The molecule has 0 aliphatic carbocycles. The van der Waals surface area contributed by atoms with E-state index in [1.165, 1.54) is 0 Å². The Kier molecular flexibility index (Phi) is 8.14. The largest absolute Gasteiger partial charge is 0.379 e. The van der Waals surface area contributed by atoms with E-state index < -0.39 is 23.2 Å². The SMILES string of the molecule is CC(C)(CCNC(=S)C(C)(C)C)OCCC(C)(C)C(=O)ON1C(=O)CCC1=O. The molecule has 1 aliphatic rings. The van der Waals surface area contributed by atoms with E-state index in [1.807, 2.05) is 13.8 Å². The van der Waals surface area contributed by atoms with Crippen LogP contribution in [0.15, 0.2) is 0 Å². The van der Waals surface area contributed by atoms with Gasteiger partial charge < -0.3 is 14.9 Å². The average Bonchev–Trinajstić information content (AvgIpc) is 2.85. The molecular formula is C20H34N2O5S. The zero-order valence-electron chi connectivity index (χ0n) is 18.1. The fraction of sp³-hybridized carbons (Fsp3) is 0.800. The van der Waals surface area contributed by atoms with Gasteiger partial charge in [-0.3, -0.25) is 9.59 Å². The quantitative estimate of drug-likeness (QED) is 0.458. The van der Waals surface area contributed by atoms with E-state index >= 15 is 0 Å². The van der Waals surface area contributed by atoms with E-state index in [-0.39, 0.29) is 23.9 Å². The van der Waals surface area contributed by atoms with Gasteiger partial charge in [0.2, 0.25) is 0 Å². The van der Waals surface area contributed by atoms with E-state index in [0.29, 0.717) is 24.6 Å². The number of hydroxylamine groups is 2. The second-order valence-electron chi connectivity index (χ2n) is 9.46. The van der Waals surface area contributed by atoms with Gasteiger partial charge in [-0.1, -0.05) is 33.0 Å². The van der Waals surface area contributed by atoms with Gasteiger partial charge in [-0.05, 0) is 40.5 Å². The minimum Gasteiger partial charge on any atom is -0.379 e. The van der Waals surface area contributed by atoms with Crippen LogP contribution in [0.4, 0.5) is 0 Å². The molecule has 0 radical (unpaired) electrons. The van der Waals surface area contributed by atoms with E-state index in [4.69, 9.17) is 21.8 Å². The van der Waals surface area contributed by atoms with Crippen molar-refractivity contribution in [3.63, 3.8) is 0 Å². The molecule has 0 bridgehead atoms. The molecule has 1 fully saturated rings. The molecule has 0 atom stereocenters. The number of hydrogen-bond donors (Lipinski definition) is 1. The highest BCUT2D eigenvalue weighted by Crippen LogP contribution is 2.26. The van der Waals surface area contributed by atoms with Crippen molar-refractivity contribution < 1.29 is 24.0 Å². The molecule has 0 spiro atoms. The van der Waals surface area contributed by atoms with E-state index in [0.717, 1.165) is 11.4 Å². The maximum atomic E-state index is 12.4. The lowest BCUT2D eigenvalue weighted by Gasteiger charge is -2.30. The number of imide groups is 1. The minimum absolute atomic E-state index is 0.0666. The molecule has 1 saturated heterocycles. The zero-order valence-corrected chi connectivity index (χ0v) is 19.0. The molecule has 2 amide bonds. The van der Waals surface area contributed by atoms with Gasteiger partial charge in [0.25, 0.3) is 11.8 Å². The van der Waals surface area contributed by atoms with Crippen molar-refractivity contribution in [2.45, 2.75) is 79.8 Å². The predicted molar refractivity (Wildman–Crippen MR) is 110 cm³/mol. The molecular weight excluding hydrogens is 380 g/mol. The molecule has 0 aromatic rings. The second-order valence-corrected chi connectivity index (χ2v) is 9.87. The molecule has 0 aromatic heterocycles. The highest BCUT2D eigenvalue weighted by Gasteiger charge is 2.38. The number of hydrogen-bond acceptors (Lipinski definition) is 6. The van der Waals surface area contributed by atoms with Crippen LogP contribution in [0.25, 0.3) is 0 Å². The third-order valence-electron chi connectivity index (χ3n) is 4.65. The summed E-state index contributed by atoms with van der Waals surface area (Å²) < 4.78 is 5.96. The number of amides is 2. The molecule has 0 unspecified atom stereocenters. The number of rotatable bonds is 9. The first-order valence-electron chi connectivity index (χ1n) is 9.66. The topological polar surface area (TPSA) is 84.9 Å². The molecule has 160 valence electrons. The summed E-state index contributed by atoms with van der Waals surface area (Å²) in [6.07, 6.45) is 1.32. The number of ether oxygens (including phenoxy) is 1. The van der Waals surface area contributed by atoms with Crippen LogP contribution in [0, 0.1) is 10.8 Å². The molecule has 28 heavy (non-hydrogen) atoms. The van der Waals surface area contributed by atoms with Crippen LogP contribution in [-0.4, -0.2) is 46.6 Å². The number of thiocarbonyl (C=S) groups is 1. The van der Waals surface area contributed by atoms with Crippen LogP contribution >= 0.6 is 12.2 Å². The summed E-state index contributed by atoms with van der Waals surface area (Å²) in [6.45, 7) is 14.6. The molecule has 7 nitrogen and oxygen atoms in total. The van der Waals surface area contributed by atoms with Crippen molar-refractivity contribution in [3.05, 3.63) is 0 Å². The van der Waals surface area contributed by atoms with Crippen LogP contribution in [-0.2, 0) is 24.0 Å². The minimum atomic E-state index is -0.884. The van der Waals surface area contributed by atoms with Gasteiger partial charge in [-0.2, -0.15) is 0 Å². The Morgan fingerprint density at radius 3 is 2.07 bits per heavy atom. The van der Waals surface area contributed by atoms with Gasteiger partial charge in [0, 0.05) is 31.4 Å². The van der Waals surface area contributed by atoms with Crippen molar-refractivity contribution in [2.75, 3.05) is 13.2 Å². The summed E-state index contributed by atoms with van der Waals surface area (Å²) in [6, 6.07) is 0. The highest BCUT2D eigenvalue weighted by molar-refractivity contribution is 7.80. The first kappa shape index (κ1) is 24.5. The summed E-state index contributed by atoms with van der Waals surface area (Å²) in [5, 5.41) is 3.84. The first-order valence-corrected chi connectivity index (χ1v) is 10.1. The number of carbonyl (C=O) groups is 3. The number of nitrogens with one attached hydrogen (secondary N) is 1. The lowest BCUT2D eigenvalue weighted by molar-refractivity contribution is -0.205. The summed E-state index contributed by atoms with van der Waals surface area (Å²) in [4.78, 5) is 41.4. The van der Waals surface area contributed by atoms with Crippen LogP contribution < -0.4 is 5.32 Å². The Bertz CT molecular complexity index is 607. The number of carbonyl (C=O) groups excluding carboxylic acids is 3. The standard InChI is InChI=1S/C20H34N2O5S/c1-18(2,3)16(28)21-12-10-20(6,7)26-13-11-19(4,5)17(25)27-22-14(23)8-9-15(22)24/h8-13H2,1-7H3,(H,21,28). The van der Waals surface area contributed by atoms with Gasteiger partial charge >= 0.3 is 5.97 Å². The summed E-state index contributed by atoms with van der Waals surface area (Å²) in [5.41, 5.74) is -1.34. The van der Waals surface area contributed by atoms with Crippen molar-refractivity contribution in [1.29, 1.82) is 0 Å². The molecule has 0 saturated carbocycles. The Morgan fingerprint density at radius 2 is 1.57 bits per heavy atom. The maximum absolute atomic E-state index is 12.4. The third-order valence-corrected chi connectivity index (χ3v) is 5.40. The van der Waals surface area contributed by atoms with Crippen LogP contribution in [0.2, 0.25) is 0 Å². The monoisotopic (exact) mass is 414 g/mol. The third kappa shape index (κ3) is 7.47. The second kappa shape index (κ2) is 9.31. The Balaban J connectivity index is 2.42. The van der Waals surface area contributed by atoms with Crippen molar-refractivity contribution in [2.24, 2.45) is 10.8 Å². The van der Waals surface area contributed by atoms with Crippen molar-refractivity contribution in [1.82, 2.24) is 10.4 Å². The van der Waals surface area contributed by atoms with Gasteiger partial charge in [0.15, 0.2) is 0 Å². The molecule has 1 rings (SSSR count). The van der Waals surface area contributed by atoms with Gasteiger partial charge in [0.1, 0.15) is 0 Å². The molecule has 0 aromatic carbocycles. The molecule has 1 N–H and O–H groups in total. The van der Waals surface area contributed by atoms with E-state index in [1.54, 1.807) is 13.8 Å². The molecule has 1 aliphatic heterocycles. The lowest BCUT2D eigenvalue weighted by atomic mass is 9.90. The smallest absolute Gasteiger partial charge is 0.338 e. The van der Waals surface area contributed by atoms with Gasteiger partial charge in [-0.15, -0.1) is 5.06 Å². The van der Waals surface area contributed by atoms with Gasteiger partial charge in [-0.25, -0.2) is 4.79 Å². The fourth-order valence-corrected chi connectivity index (χ4v) is 2.47. The van der Waals surface area contributed by atoms with E-state index in [9.17, 15) is 14.4 Å². The van der Waals surface area contributed by atoms with Crippen LogP contribution in [0.3, 0.4) is 0 Å². The highest BCUT2D eigenvalue weighted by atomic mass is 32.1. The van der Waals surface area contributed by atoms with E-state index in [2.05, 4.69) is 26.1 Å². The van der Waals surface area contributed by atoms with Crippen LogP contribution in [0.1, 0.15) is 74.1 Å². The van der Waals surface area contributed by atoms with Crippen LogP contribution in [0.5, 0.6) is 0 Å². The number of nitrogens with zero attached hydrogens (tertiary/aromatic N) is 1. The van der Waals surface area contributed by atoms with Crippen molar-refractivity contribution >= 4 is 35.0 Å². The normalized spacial score (nSPS) is 15.8. The summed E-state index contributed by atoms with van der Waals surface area (Å²) in [7, 11) is 0. The Labute approximate surface area is 173 Å². The average molecular weight is 415 g/mol. The Hall–Kier alpha value is -1.54. The van der Waals surface area contributed by atoms with Gasteiger partial charge in [0.05, 0.1) is 16.0 Å². The summed E-state index contributed by atoms with van der Waals surface area (Å²) in [5.74, 6) is -1.57. The molecule has 1 heterocycles. The Morgan fingerprint density at radius 1 is 1.04 bits per heavy atom. The maximum Gasteiger partial charge on any atom is 0.338 e. The molecule has 8 heteroatoms. The lowest BCUT2D eigenvalue weighted by Crippen LogP contribution is -2.39. The fourth-order valence-electron chi connectivity index (χ4n) is 2.36. The summed E-state index contributed by atoms with van der Waals surface area (Å²) >= 11 is 5.36. The van der Waals surface area contributed by atoms with Crippen molar-refractivity contribution in [3.8, 4) is 0 Å².